The number of rotatable bonds is 4. The van der Waals surface area contributed by atoms with Crippen LogP contribution in [0.1, 0.15) is 18.9 Å². The van der Waals surface area contributed by atoms with E-state index in [4.69, 9.17) is 11.6 Å². The molecule has 9 heteroatoms. The van der Waals surface area contributed by atoms with Crippen LogP contribution in [0.15, 0.2) is 66.1 Å². The lowest BCUT2D eigenvalue weighted by molar-refractivity contribution is 0.212. The van der Waals surface area contributed by atoms with Crippen LogP contribution >= 0.6 is 11.6 Å². The summed E-state index contributed by atoms with van der Waals surface area (Å²) in [5.74, 6) is 0. The molecule has 0 amide bonds. The lowest BCUT2D eigenvalue weighted by atomic mass is 10.1. The minimum absolute atomic E-state index is 0.206. The highest BCUT2D eigenvalue weighted by molar-refractivity contribution is 7.90. The van der Waals surface area contributed by atoms with Crippen LogP contribution in [0.25, 0.3) is 22.2 Å². The highest BCUT2D eigenvalue weighted by Gasteiger charge is 2.24. The largest absolute Gasteiger partial charge is 0.306 e. The van der Waals surface area contributed by atoms with Gasteiger partial charge in [0.05, 0.1) is 22.2 Å². The molecule has 31 heavy (non-hydrogen) atoms. The van der Waals surface area contributed by atoms with E-state index in [9.17, 15) is 8.42 Å². The van der Waals surface area contributed by atoms with Gasteiger partial charge in [-0.2, -0.15) is 5.10 Å². The number of fused-ring (bicyclic) bond motifs is 1. The normalized spacial score (nSPS) is 16.2. The van der Waals surface area contributed by atoms with Crippen LogP contribution < -0.4 is 0 Å². The summed E-state index contributed by atoms with van der Waals surface area (Å²) in [4.78, 5) is 6.86. The lowest BCUT2D eigenvalue weighted by Crippen LogP contribution is -2.31. The van der Waals surface area contributed by atoms with Crippen LogP contribution in [0, 0.1) is 0 Å². The quantitative estimate of drug-likeness (QED) is 0.464. The van der Waals surface area contributed by atoms with E-state index in [1.54, 1.807) is 48.8 Å². The molecule has 0 spiro atoms. The van der Waals surface area contributed by atoms with Crippen LogP contribution in [-0.2, 0) is 10.0 Å². The maximum absolute atomic E-state index is 13.3. The number of aromatic nitrogens is 4. The second-order valence-corrected chi connectivity index (χ2v) is 10.2. The Labute approximate surface area is 185 Å². The maximum atomic E-state index is 13.3. The fraction of sp³-hybridized carbons (Fsp3) is 0.273. The summed E-state index contributed by atoms with van der Waals surface area (Å²) in [6, 6.07) is 10.4. The molecule has 160 valence electrons. The predicted molar refractivity (Wildman–Crippen MR) is 121 cm³/mol. The van der Waals surface area contributed by atoms with Gasteiger partial charge in [0.1, 0.15) is 0 Å². The predicted octanol–water partition coefficient (Wildman–Crippen LogP) is 4.06. The topological polar surface area (TPSA) is 73.0 Å². The molecule has 0 N–H and O–H groups in total. The smallest absolute Gasteiger partial charge is 0.269 e. The van der Waals surface area contributed by atoms with Crippen molar-refractivity contribution in [2.75, 3.05) is 20.1 Å². The number of hydrogen-bond acceptors (Lipinski definition) is 5. The molecule has 1 fully saturated rings. The molecule has 4 heterocycles. The first-order chi connectivity index (χ1) is 14.9. The van der Waals surface area contributed by atoms with E-state index in [1.807, 2.05) is 10.9 Å². The van der Waals surface area contributed by atoms with Gasteiger partial charge in [0.25, 0.3) is 10.0 Å². The summed E-state index contributed by atoms with van der Waals surface area (Å²) in [5.41, 5.74) is 1.92. The highest BCUT2D eigenvalue weighted by atomic mass is 35.5. The summed E-state index contributed by atoms with van der Waals surface area (Å²) in [6.07, 6.45) is 8.93. The molecule has 1 saturated heterocycles. The minimum atomic E-state index is -3.81. The molecule has 0 unspecified atom stereocenters. The molecule has 4 aromatic rings. The summed E-state index contributed by atoms with van der Waals surface area (Å²) in [5, 5.41) is 5.71. The van der Waals surface area contributed by atoms with E-state index < -0.39 is 10.0 Å². The zero-order valence-electron chi connectivity index (χ0n) is 17.0. The van der Waals surface area contributed by atoms with Crippen molar-refractivity contribution in [3.63, 3.8) is 0 Å². The van der Waals surface area contributed by atoms with E-state index in [2.05, 4.69) is 22.0 Å². The number of nitrogens with zero attached hydrogens (tertiary/aromatic N) is 5. The van der Waals surface area contributed by atoms with Gasteiger partial charge < -0.3 is 4.90 Å². The standard InChI is InChI=1S/C22H22ClN5O2S/c1-26-9-7-18(8-10-26)27-14-16(12-25-27)21-15-28(22-20(21)11-17(23)13-24-22)31(29,30)19-5-3-2-4-6-19/h2-6,11-15,18H,7-10H2,1H3. The van der Waals surface area contributed by atoms with Gasteiger partial charge in [0.2, 0.25) is 0 Å². The molecule has 1 aromatic carbocycles. The van der Waals surface area contributed by atoms with Gasteiger partial charge in [-0.15, -0.1) is 0 Å². The SMILES string of the molecule is CN1CCC(n2cc(-c3cn(S(=O)(=O)c4ccccc4)c4ncc(Cl)cc34)cn2)CC1. The number of likely N-dealkylation sites (tertiary alicyclic amines) is 1. The van der Waals surface area contributed by atoms with E-state index in [0.717, 1.165) is 37.1 Å². The summed E-state index contributed by atoms with van der Waals surface area (Å²) < 4.78 is 29.9. The van der Waals surface area contributed by atoms with E-state index >= 15 is 0 Å². The summed E-state index contributed by atoms with van der Waals surface area (Å²) >= 11 is 6.21. The summed E-state index contributed by atoms with van der Waals surface area (Å²) in [6.45, 7) is 2.07. The van der Waals surface area contributed by atoms with Crippen LogP contribution in [0.4, 0.5) is 0 Å². The summed E-state index contributed by atoms with van der Waals surface area (Å²) in [7, 11) is -1.68. The Balaban J connectivity index is 1.62. The Kier molecular flexibility index (Phi) is 5.08. The second kappa shape index (κ2) is 7.78. The fourth-order valence-corrected chi connectivity index (χ4v) is 5.61. The molecule has 3 aromatic heterocycles. The van der Waals surface area contributed by atoms with Crippen molar-refractivity contribution in [2.45, 2.75) is 23.8 Å². The van der Waals surface area contributed by atoms with Gasteiger partial charge in [-0.3, -0.25) is 4.68 Å². The average molecular weight is 456 g/mol. The lowest BCUT2D eigenvalue weighted by Gasteiger charge is -2.28. The Morgan fingerprint density at radius 3 is 2.55 bits per heavy atom. The van der Waals surface area contributed by atoms with Gasteiger partial charge in [0, 0.05) is 35.1 Å². The highest BCUT2D eigenvalue weighted by Crippen LogP contribution is 2.34. The first-order valence-corrected chi connectivity index (χ1v) is 12.0. The second-order valence-electron chi connectivity index (χ2n) is 7.92. The molecule has 0 saturated carbocycles. The monoisotopic (exact) mass is 455 g/mol. The number of pyridine rings is 1. The molecule has 0 bridgehead atoms. The van der Waals surface area contributed by atoms with Crippen LogP contribution in [0.5, 0.6) is 0 Å². The van der Waals surface area contributed by atoms with Crippen LogP contribution in [0.3, 0.4) is 0 Å². The zero-order chi connectivity index (χ0) is 21.6. The van der Waals surface area contributed by atoms with Gasteiger partial charge in [-0.05, 0) is 51.2 Å². The Hall–Kier alpha value is -2.68. The number of piperidine rings is 1. The van der Waals surface area contributed by atoms with Crippen molar-refractivity contribution in [1.29, 1.82) is 0 Å². The third kappa shape index (κ3) is 3.64. The first kappa shape index (κ1) is 20.2. The van der Waals surface area contributed by atoms with Crippen molar-refractivity contribution < 1.29 is 8.42 Å². The Bertz CT molecular complexity index is 1340. The third-order valence-electron chi connectivity index (χ3n) is 5.85. The van der Waals surface area contributed by atoms with Crippen molar-refractivity contribution in [1.82, 2.24) is 23.6 Å². The van der Waals surface area contributed by atoms with Crippen LogP contribution in [0.2, 0.25) is 5.02 Å². The van der Waals surface area contributed by atoms with E-state index in [1.165, 1.54) is 10.2 Å². The molecule has 5 rings (SSSR count). The fourth-order valence-electron chi connectivity index (χ4n) is 4.11. The zero-order valence-corrected chi connectivity index (χ0v) is 18.6. The molecule has 0 radical (unpaired) electrons. The molecule has 1 aliphatic heterocycles. The minimum Gasteiger partial charge on any atom is -0.306 e. The van der Waals surface area contributed by atoms with Crippen molar-refractivity contribution in [3.05, 3.63) is 66.2 Å². The molecule has 0 atom stereocenters. The van der Waals surface area contributed by atoms with E-state index in [-0.39, 0.29) is 4.90 Å². The van der Waals surface area contributed by atoms with Crippen LogP contribution in [-0.4, -0.2) is 52.2 Å². The van der Waals surface area contributed by atoms with Gasteiger partial charge in [0.15, 0.2) is 5.65 Å². The first-order valence-electron chi connectivity index (χ1n) is 10.1. The Morgan fingerprint density at radius 2 is 1.81 bits per heavy atom. The Morgan fingerprint density at radius 1 is 1.06 bits per heavy atom. The molecular formula is C22H22ClN5O2S. The number of halogens is 1. The van der Waals surface area contributed by atoms with Gasteiger partial charge >= 0.3 is 0 Å². The average Bonchev–Trinajstić information content (AvgIpc) is 3.40. The van der Waals surface area contributed by atoms with Crippen molar-refractivity contribution in [2.24, 2.45) is 0 Å². The van der Waals surface area contributed by atoms with E-state index in [0.29, 0.717) is 22.1 Å². The van der Waals surface area contributed by atoms with Crippen molar-refractivity contribution in [3.8, 4) is 11.1 Å². The molecule has 0 aliphatic carbocycles. The molecule has 7 nitrogen and oxygen atoms in total. The van der Waals surface area contributed by atoms with Gasteiger partial charge in [-0.1, -0.05) is 29.8 Å². The van der Waals surface area contributed by atoms with Gasteiger partial charge in [-0.25, -0.2) is 17.4 Å². The number of benzene rings is 1. The third-order valence-corrected chi connectivity index (χ3v) is 7.72. The molecular weight excluding hydrogens is 434 g/mol. The maximum Gasteiger partial charge on any atom is 0.269 e. The van der Waals surface area contributed by atoms with Crippen molar-refractivity contribution >= 4 is 32.7 Å². The number of hydrogen-bond donors (Lipinski definition) is 0. The molecule has 1 aliphatic rings.